The van der Waals surface area contributed by atoms with Crippen molar-refractivity contribution in [1.82, 2.24) is 5.32 Å². The number of hydrogen-bond acceptors (Lipinski definition) is 4. The quantitative estimate of drug-likeness (QED) is 0.617. The molecule has 1 unspecified atom stereocenters. The molecule has 1 aromatic rings. The molecule has 1 heterocycles. The van der Waals surface area contributed by atoms with E-state index in [0.29, 0.717) is 19.1 Å². The molecule has 5 heteroatoms. The van der Waals surface area contributed by atoms with Gasteiger partial charge in [0.2, 0.25) is 0 Å². The summed E-state index contributed by atoms with van der Waals surface area (Å²) in [6.45, 7) is 5.24. The first-order valence-electron chi connectivity index (χ1n) is 5.77. The summed E-state index contributed by atoms with van der Waals surface area (Å²) in [5.74, 6) is -0.112. The van der Waals surface area contributed by atoms with Gasteiger partial charge in [-0.25, -0.2) is 0 Å². The van der Waals surface area contributed by atoms with Crippen LogP contribution in [0.3, 0.4) is 0 Å². The van der Waals surface area contributed by atoms with Gasteiger partial charge in [0.05, 0.1) is 6.61 Å². The van der Waals surface area contributed by atoms with Crippen LogP contribution in [0.25, 0.3) is 0 Å². The Kier molecular flexibility index (Phi) is 6.77. The van der Waals surface area contributed by atoms with Gasteiger partial charge >= 0.3 is 5.97 Å². The maximum atomic E-state index is 11.1. The van der Waals surface area contributed by atoms with Crippen LogP contribution in [0.15, 0.2) is 15.9 Å². The third-order valence-electron chi connectivity index (χ3n) is 2.35. The Morgan fingerprint density at radius 1 is 1.65 bits per heavy atom. The van der Waals surface area contributed by atoms with Gasteiger partial charge in [-0.1, -0.05) is 0 Å². The van der Waals surface area contributed by atoms with Gasteiger partial charge in [-0.05, 0) is 54.2 Å². The number of nitrogens with one attached hydrogen (secondary N) is 1. The van der Waals surface area contributed by atoms with Gasteiger partial charge in [0.25, 0.3) is 0 Å². The van der Waals surface area contributed by atoms with E-state index in [1.54, 1.807) is 11.3 Å². The maximum absolute atomic E-state index is 11.1. The number of esters is 1. The van der Waals surface area contributed by atoms with Gasteiger partial charge in [0, 0.05) is 21.8 Å². The van der Waals surface area contributed by atoms with Gasteiger partial charge in [-0.2, -0.15) is 0 Å². The summed E-state index contributed by atoms with van der Waals surface area (Å²) < 4.78 is 6.01. The van der Waals surface area contributed by atoms with Crippen molar-refractivity contribution < 1.29 is 9.53 Å². The SMILES string of the molecule is CCOC(=O)CCCNC(C)c1sccc1Br. The molecule has 0 saturated carbocycles. The van der Waals surface area contributed by atoms with Gasteiger partial charge < -0.3 is 10.1 Å². The summed E-state index contributed by atoms with van der Waals surface area (Å²) in [5, 5.41) is 5.46. The first kappa shape index (κ1) is 14.7. The van der Waals surface area contributed by atoms with E-state index in [-0.39, 0.29) is 5.97 Å². The molecular weight excluding hydrogens is 302 g/mol. The van der Waals surface area contributed by atoms with Gasteiger partial charge in [-0.15, -0.1) is 11.3 Å². The summed E-state index contributed by atoms with van der Waals surface area (Å²) in [6, 6.07) is 2.36. The molecular formula is C12H18BrNO2S. The average Bonchev–Trinajstić information content (AvgIpc) is 2.71. The number of ether oxygens (including phenoxy) is 1. The van der Waals surface area contributed by atoms with E-state index in [1.165, 1.54) is 4.88 Å². The Hall–Kier alpha value is -0.390. The fourth-order valence-electron chi connectivity index (χ4n) is 1.49. The van der Waals surface area contributed by atoms with Crippen molar-refractivity contribution in [2.75, 3.05) is 13.2 Å². The lowest BCUT2D eigenvalue weighted by Crippen LogP contribution is -2.20. The smallest absolute Gasteiger partial charge is 0.305 e. The number of hydrogen-bond donors (Lipinski definition) is 1. The van der Waals surface area contributed by atoms with E-state index < -0.39 is 0 Å². The second-order valence-corrected chi connectivity index (χ2v) is 5.52. The van der Waals surface area contributed by atoms with Crippen LogP contribution >= 0.6 is 27.3 Å². The first-order valence-corrected chi connectivity index (χ1v) is 7.44. The highest BCUT2D eigenvalue weighted by Crippen LogP contribution is 2.28. The Labute approximate surface area is 115 Å². The van der Waals surface area contributed by atoms with Crippen molar-refractivity contribution >= 4 is 33.2 Å². The van der Waals surface area contributed by atoms with E-state index in [9.17, 15) is 4.79 Å². The van der Waals surface area contributed by atoms with Crippen molar-refractivity contribution in [2.24, 2.45) is 0 Å². The predicted molar refractivity (Wildman–Crippen MR) is 74.3 cm³/mol. The van der Waals surface area contributed by atoms with E-state index in [0.717, 1.165) is 17.4 Å². The lowest BCUT2D eigenvalue weighted by atomic mass is 10.2. The Morgan fingerprint density at radius 2 is 2.41 bits per heavy atom. The lowest BCUT2D eigenvalue weighted by Gasteiger charge is -2.12. The monoisotopic (exact) mass is 319 g/mol. The van der Waals surface area contributed by atoms with Crippen molar-refractivity contribution in [3.05, 3.63) is 20.8 Å². The van der Waals surface area contributed by atoms with Crippen LogP contribution in [0.1, 0.15) is 37.6 Å². The predicted octanol–water partition coefficient (Wildman–Crippen LogP) is 3.50. The molecule has 0 spiro atoms. The van der Waals surface area contributed by atoms with Crippen LogP contribution in [0.4, 0.5) is 0 Å². The van der Waals surface area contributed by atoms with Gasteiger partial charge in [0.1, 0.15) is 0 Å². The normalized spacial score (nSPS) is 12.4. The van der Waals surface area contributed by atoms with E-state index in [4.69, 9.17) is 4.74 Å². The summed E-state index contributed by atoms with van der Waals surface area (Å²) in [6.07, 6.45) is 1.30. The number of carbonyl (C=O) groups is 1. The van der Waals surface area contributed by atoms with Crippen LogP contribution in [-0.2, 0) is 9.53 Å². The molecule has 1 N–H and O–H groups in total. The van der Waals surface area contributed by atoms with Crippen LogP contribution in [0, 0.1) is 0 Å². The van der Waals surface area contributed by atoms with Crippen molar-refractivity contribution in [3.8, 4) is 0 Å². The fourth-order valence-corrected chi connectivity index (χ4v) is 3.24. The number of halogens is 1. The van der Waals surface area contributed by atoms with E-state index in [1.807, 2.05) is 6.92 Å². The third kappa shape index (κ3) is 5.19. The fraction of sp³-hybridized carbons (Fsp3) is 0.583. The molecule has 0 aliphatic heterocycles. The molecule has 1 rings (SSSR count). The largest absolute Gasteiger partial charge is 0.466 e. The lowest BCUT2D eigenvalue weighted by molar-refractivity contribution is -0.143. The van der Waals surface area contributed by atoms with Crippen LogP contribution < -0.4 is 5.32 Å². The zero-order valence-electron chi connectivity index (χ0n) is 10.2. The molecule has 0 aliphatic carbocycles. The van der Waals surface area contributed by atoms with Crippen molar-refractivity contribution in [3.63, 3.8) is 0 Å². The molecule has 0 amide bonds. The molecule has 1 atom stereocenters. The van der Waals surface area contributed by atoms with E-state index in [2.05, 4.69) is 39.6 Å². The van der Waals surface area contributed by atoms with Crippen molar-refractivity contribution in [2.45, 2.75) is 32.7 Å². The van der Waals surface area contributed by atoms with Crippen LogP contribution in [0.5, 0.6) is 0 Å². The summed E-state index contributed by atoms with van der Waals surface area (Å²) in [7, 11) is 0. The molecule has 17 heavy (non-hydrogen) atoms. The molecule has 0 aromatic carbocycles. The number of thiophene rings is 1. The second kappa shape index (κ2) is 7.84. The highest BCUT2D eigenvalue weighted by molar-refractivity contribution is 9.10. The van der Waals surface area contributed by atoms with Crippen LogP contribution in [-0.4, -0.2) is 19.1 Å². The Morgan fingerprint density at radius 3 is 3.00 bits per heavy atom. The summed E-state index contributed by atoms with van der Waals surface area (Å²) in [4.78, 5) is 12.4. The molecule has 0 bridgehead atoms. The molecule has 0 saturated heterocycles. The van der Waals surface area contributed by atoms with Gasteiger partial charge in [-0.3, -0.25) is 4.79 Å². The molecule has 3 nitrogen and oxygen atoms in total. The number of carbonyl (C=O) groups excluding carboxylic acids is 1. The molecule has 96 valence electrons. The highest BCUT2D eigenvalue weighted by atomic mass is 79.9. The van der Waals surface area contributed by atoms with Crippen molar-refractivity contribution in [1.29, 1.82) is 0 Å². The molecule has 0 aliphatic rings. The Balaban J connectivity index is 2.19. The first-order chi connectivity index (χ1) is 8.15. The van der Waals surface area contributed by atoms with Crippen LogP contribution in [0.2, 0.25) is 0 Å². The minimum atomic E-state index is -0.112. The average molecular weight is 320 g/mol. The Bertz CT molecular complexity index is 354. The van der Waals surface area contributed by atoms with Gasteiger partial charge in [0.15, 0.2) is 0 Å². The summed E-state index contributed by atoms with van der Waals surface area (Å²) >= 11 is 5.25. The standard InChI is InChI=1S/C12H18BrNO2S/c1-3-16-11(15)5-4-7-14-9(2)12-10(13)6-8-17-12/h6,8-9,14H,3-5,7H2,1-2H3. The molecule has 0 fully saturated rings. The zero-order valence-corrected chi connectivity index (χ0v) is 12.6. The van der Waals surface area contributed by atoms with E-state index >= 15 is 0 Å². The minimum Gasteiger partial charge on any atom is -0.466 e. The molecule has 0 radical (unpaired) electrons. The zero-order chi connectivity index (χ0) is 12.7. The second-order valence-electron chi connectivity index (χ2n) is 3.72. The summed E-state index contributed by atoms with van der Waals surface area (Å²) in [5.41, 5.74) is 0. The molecule has 1 aromatic heterocycles. The minimum absolute atomic E-state index is 0.112. The third-order valence-corrected chi connectivity index (χ3v) is 4.41. The number of rotatable bonds is 7. The maximum Gasteiger partial charge on any atom is 0.305 e. The highest BCUT2D eigenvalue weighted by Gasteiger charge is 2.10. The topological polar surface area (TPSA) is 38.3 Å².